The molecule has 0 atom stereocenters. The van der Waals surface area contributed by atoms with Gasteiger partial charge in [0.05, 0.1) is 24.6 Å². The Morgan fingerprint density at radius 3 is 2.76 bits per heavy atom. The number of carboxylic acid groups (broad SMARTS) is 1. The van der Waals surface area contributed by atoms with E-state index >= 15 is 0 Å². The number of carboxylic acids is 1. The number of H-pyrrole nitrogens is 1. The van der Waals surface area contributed by atoms with Gasteiger partial charge in [-0.3, -0.25) is 9.89 Å². The van der Waals surface area contributed by atoms with Crippen molar-refractivity contribution in [3.8, 4) is 5.75 Å². The highest BCUT2D eigenvalue weighted by molar-refractivity contribution is 5.81. The van der Waals surface area contributed by atoms with Crippen LogP contribution in [0.25, 0.3) is 16.8 Å². The Hall–Kier alpha value is -3.55. The Balaban J connectivity index is 1.60. The Morgan fingerprint density at radius 2 is 2.04 bits per heavy atom. The van der Waals surface area contributed by atoms with Gasteiger partial charge in [0.25, 0.3) is 5.78 Å². The molecular weight excluding hydrogens is 322 g/mol. The summed E-state index contributed by atoms with van der Waals surface area (Å²) in [7, 11) is 1.62. The highest BCUT2D eigenvalue weighted by atomic mass is 16.5. The van der Waals surface area contributed by atoms with Crippen LogP contribution in [0, 0.1) is 0 Å². The maximum absolute atomic E-state index is 10.7. The lowest BCUT2D eigenvalue weighted by atomic mass is 10.1. The number of benzene rings is 2. The molecule has 0 aliphatic heterocycles. The number of hydrogen-bond donors (Lipinski definition) is 3. The zero-order chi connectivity index (χ0) is 17.4. The van der Waals surface area contributed by atoms with Crippen molar-refractivity contribution >= 4 is 34.4 Å². The van der Waals surface area contributed by atoms with E-state index in [0.29, 0.717) is 11.7 Å². The molecule has 0 amide bonds. The van der Waals surface area contributed by atoms with Crippen LogP contribution in [-0.4, -0.2) is 37.8 Å². The first-order valence-corrected chi connectivity index (χ1v) is 7.62. The van der Waals surface area contributed by atoms with E-state index in [1.807, 2.05) is 30.3 Å². The highest BCUT2D eigenvalue weighted by Gasteiger charge is 2.10. The van der Waals surface area contributed by atoms with Gasteiger partial charge in [-0.1, -0.05) is 12.1 Å². The van der Waals surface area contributed by atoms with Crippen LogP contribution in [0.1, 0.15) is 5.56 Å². The normalized spacial score (nSPS) is 11.1. The van der Waals surface area contributed by atoms with Crippen molar-refractivity contribution in [2.75, 3.05) is 12.4 Å². The fourth-order valence-electron chi connectivity index (χ4n) is 2.66. The summed E-state index contributed by atoms with van der Waals surface area (Å²) >= 11 is 0. The largest absolute Gasteiger partial charge is 0.497 e. The summed E-state index contributed by atoms with van der Waals surface area (Å²) in [6.45, 7) is 0. The summed E-state index contributed by atoms with van der Waals surface area (Å²) in [4.78, 5) is 19.6. The van der Waals surface area contributed by atoms with Crippen LogP contribution in [-0.2, 0) is 11.2 Å². The first-order valence-electron chi connectivity index (χ1n) is 7.62. The van der Waals surface area contributed by atoms with Crippen molar-refractivity contribution in [2.24, 2.45) is 0 Å². The van der Waals surface area contributed by atoms with Crippen molar-refractivity contribution < 1.29 is 14.6 Å². The number of fused-ring (bicyclic) bond motifs is 3. The van der Waals surface area contributed by atoms with Gasteiger partial charge in [0, 0.05) is 11.8 Å². The summed E-state index contributed by atoms with van der Waals surface area (Å²) in [5.74, 6) is 0.990. The number of aliphatic carboxylic acids is 1. The van der Waals surface area contributed by atoms with E-state index in [4.69, 9.17) is 9.84 Å². The number of anilines is 2. The number of nitrogens with zero attached hydrogens (tertiary/aromatic N) is 3. The van der Waals surface area contributed by atoms with E-state index < -0.39 is 5.97 Å². The standard InChI is InChI=1S/C17H15N5O3/c1-25-12-6-7-14-13(9-12)19-17-20-16(21-22(14)17)18-11-4-2-10(3-5-11)8-15(23)24/h2-7,9H,8H2,1H3,(H,23,24)(H2,18,19,20,21). The predicted octanol–water partition coefficient (Wildman–Crippen LogP) is 2.59. The summed E-state index contributed by atoms with van der Waals surface area (Å²) < 4.78 is 6.99. The minimum absolute atomic E-state index is 0.00427. The number of aromatic amines is 1. The van der Waals surface area contributed by atoms with Gasteiger partial charge in [-0.05, 0) is 29.8 Å². The molecule has 4 rings (SSSR count). The topological polar surface area (TPSA) is 105 Å². The van der Waals surface area contributed by atoms with E-state index in [0.717, 1.165) is 28.0 Å². The van der Waals surface area contributed by atoms with E-state index in [1.165, 1.54) is 0 Å². The zero-order valence-corrected chi connectivity index (χ0v) is 13.4. The maximum Gasteiger partial charge on any atom is 0.307 e. The minimum Gasteiger partial charge on any atom is -0.497 e. The Kier molecular flexibility index (Phi) is 3.50. The molecule has 4 aromatic rings. The lowest BCUT2D eigenvalue weighted by Crippen LogP contribution is -2.00. The Bertz CT molecular complexity index is 1070. The number of carbonyl (C=O) groups is 1. The van der Waals surface area contributed by atoms with E-state index in [2.05, 4.69) is 20.4 Å². The number of ether oxygens (including phenoxy) is 1. The molecule has 25 heavy (non-hydrogen) atoms. The van der Waals surface area contributed by atoms with Gasteiger partial charge in [0.2, 0.25) is 5.95 Å². The molecule has 0 spiro atoms. The minimum atomic E-state index is -0.850. The number of methoxy groups -OCH3 is 1. The van der Waals surface area contributed by atoms with Gasteiger partial charge in [-0.2, -0.15) is 4.98 Å². The molecule has 2 aromatic carbocycles. The molecule has 126 valence electrons. The van der Waals surface area contributed by atoms with Gasteiger partial charge in [-0.25, -0.2) is 9.50 Å². The fourth-order valence-corrected chi connectivity index (χ4v) is 2.66. The van der Waals surface area contributed by atoms with Crippen LogP contribution in [0.15, 0.2) is 42.5 Å². The molecule has 0 aliphatic carbocycles. The first kappa shape index (κ1) is 15.0. The Labute approximate surface area is 142 Å². The number of hydrogen-bond acceptors (Lipinski definition) is 5. The first-order chi connectivity index (χ1) is 12.1. The van der Waals surface area contributed by atoms with Crippen molar-refractivity contribution in [3.05, 3.63) is 48.0 Å². The van der Waals surface area contributed by atoms with Crippen LogP contribution in [0.2, 0.25) is 0 Å². The maximum atomic E-state index is 10.7. The van der Waals surface area contributed by atoms with Gasteiger partial charge in [0.15, 0.2) is 0 Å². The zero-order valence-electron chi connectivity index (χ0n) is 13.4. The third kappa shape index (κ3) is 2.85. The molecule has 8 nitrogen and oxygen atoms in total. The smallest absolute Gasteiger partial charge is 0.307 e. The molecule has 0 unspecified atom stereocenters. The van der Waals surface area contributed by atoms with Crippen molar-refractivity contribution in [2.45, 2.75) is 6.42 Å². The highest BCUT2D eigenvalue weighted by Crippen LogP contribution is 2.22. The van der Waals surface area contributed by atoms with Gasteiger partial charge < -0.3 is 15.2 Å². The van der Waals surface area contributed by atoms with E-state index in [1.54, 1.807) is 23.8 Å². The molecule has 8 heteroatoms. The number of aromatic nitrogens is 4. The van der Waals surface area contributed by atoms with Crippen molar-refractivity contribution in [1.29, 1.82) is 0 Å². The second-order valence-electron chi connectivity index (χ2n) is 5.57. The average molecular weight is 337 g/mol. The molecule has 0 fully saturated rings. The summed E-state index contributed by atoms with van der Waals surface area (Å²) in [5.41, 5.74) is 3.24. The third-order valence-corrected chi connectivity index (χ3v) is 3.85. The quantitative estimate of drug-likeness (QED) is 0.517. The van der Waals surface area contributed by atoms with Crippen LogP contribution in [0.4, 0.5) is 11.6 Å². The van der Waals surface area contributed by atoms with Crippen molar-refractivity contribution in [3.63, 3.8) is 0 Å². The fraction of sp³-hybridized carbons (Fsp3) is 0.118. The van der Waals surface area contributed by atoms with E-state index in [9.17, 15) is 4.79 Å². The summed E-state index contributed by atoms with van der Waals surface area (Å²) in [6.07, 6.45) is 0.00427. The molecular formula is C17H15N5O3. The van der Waals surface area contributed by atoms with Crippen LogP contribution >= 0.6 is 0 Å². The van der Waals surface area contributed by atoms with Gasteiger partial charge in [-0.15, -0.1) is 0 Å². The molecule has 0 radical (unpaired) electrons. The molecule has 2 heterocycles. The van der Waals surface area contributed by atoms with Crippen LogP contribution in [0.5, 0.6) is 5.75 Å². The Morgan fingerprint density at radius 1 is 1.24 bits per heavy atom. The number of imidazole rings is 1. The van der Waals surface area contributed by atoms with Crippen LogP contribution < -0.4 is 10.1 Å². The molecule has 0 bridgehead atoms. The van der Waals surface area contributed by atoms with Gasteiger partial charge in [0.1, 0.15) is 5.75 Å². The molecule has 0 saturated carbocycles. The van der Waals surface area contributed by atoms with Gasteiger partial charge >= 0.3 is 5.97 Å². The second-order valence-corrected chi connectivity index (χ2v) is 5.57. The monoisotopic (exact) mass is 337 g/mol. The van der Waals surface area contributed by atoms with Crippen LogP contribution in [0.3, 0.4) is 0 Å². The SMILES string of the molecule is COc1ccc2c(c1)nc1nc(Nc3ccc(CC(=O)O)cc3)[nH]n12. The average Bonchev–Trinajstić information content (AvgIpc) is 3.12. The molecule has 2 aromatic heterocycles. The second kappa shape index (κ2) is 5.82. The lowest BCUT2D eigenvalue weighted by Gasteiger charge is -2.03. The van der Waals surface area contributed by atoms with Crippen molar-refractivity contribution in [1.82, 2.24) is 19.6 Å². The molecule has 0 saturated heterocycles. The third-order valence-electron chi connectivity index (χ3n) is 3.85. The number of rotatable bonds is 5. The molecule has 3 N–H and O–H groups in total. The summed E-state index contributed by atoms with van der Waals surface area (Å²) in [5, 5.41) is 15.1. The molecule has 0 aliphatic rings. The van der Waals surface area contributed by atoms with E-state index in [-0.39, 0.29) is 6.42 Å². The lowest BCUT2D eigenvalue weighted by molar-refractivity contribution is -0.136. The predicted molar refractivity (Wildman–Crippen MR) is 92.5 cm³/mol. The summed E-state index contributed by atoms with van der Waals surface area (Å²) in [6, 6.07) is 12.8. The number of nitrogens with one attached hydrogen (secondary N) is 2.